The van der Waals surface area contributed by atoms with Gasteiger partial charge in [0.15, 0.2) is 0 Å². The molecule has 4 aromatic carbocycles. The van der Waals surface area contributed by atoms with Gasteiger partial charge in [-0.1, -0.05) is 62.4 Å². The van der Waals surface area contributed by atoms with Crippen LogP contribution in [0, 0.1) is 0 Å². The molecule has 0 unspecified atom stereocenters. The van der Waals surface area contributed by atoms with Crippen molar-refractivity contribution in [3.8, 4) is 22.8 Å². The van der Waals surface area contributed by atoms with Crippen LogP contribution < -0.4 is 9.64 Å². The van der Waals surface area contributed by atoms with Crippen LogP contribution in [0.25, 0.3) is 33.2 Å². The molecule has 0 spiro atoms. The second-order valence-corrected chi connectivity index (χ2v) is 11.1. The Balaban J connectivity index is 1.27. The smallest absolute Gasteiger partial charge is 0.141 e. The fraction of sp³-hybridized carbons (Fsp3) is 0.0811. The Kier molecular flexibility index (Phi) is 5.41. The largest absolute Gasteiger partial charge is 0.457 e. The molecule has 202 valence electrons. The van der Waals surface area contributed by atoms with E-state index < -0.39 is 0 Å². The van der Waals surface area contributed by atoms with Crippen LogP contribution in [-0.2, 0) is 5.41 Å². The summed E-state index contributed by atoms with van der Waals surface area (Å²) in [6, 6.07) is 38.8. The lowest BCUT2D eigenvalue weighted by Crippen LogP contribution is -2.31. The quantitative estimate of drug-likeness (QED) is 0.220. The number of furan rings is 1. The zero-order chi connectivity index (χ0) is 28.3. The van der Waals surface area contributed by atoms with Crippen molar-refractivity contribution in [3.05, 3.63) is 139 Å². The number of rotatable bonds is 4. The van der Waals surface area contributed by atoms with Crippen LogP contribution in [0.5, 0.6) is 11.5 Å². The van der Waals surface area contributed by atoms with Crippen molar-refractivity contribution in [2.24, 2.45) is 0 Å². The molecule has 5 nitrogen and oxygen atoms in total. The summed E-state index contributed by atoms with van der Waals surface area (Å²) in [5.74, 6) is 2.40. The predicted molar refractivity (Wildman–Crippen MR) is 168 cm³/mol. The van der Waals surface area contributed by atoms with Crippen molar-refractivity contribution in [1.82, 2.24) is 9.97 Å². The van der Waals surface area contributed by atoms with Crippen molar-refractivity contribution in [3.63, 3.8) is 0 Å². The maximum atomic E-state index is 6.41. The fourth-order valence-electron chi connectivity index (χ4n) is 6.27. The molecule has 0 saturated heterocycles. The van der Waals surface area contributed by atoms with Crippen LogP contribution >= 0.6 is 0 Å². The lowest BCUT2D eigenvalue weighted by atomic mass is 9.73. The normalized spacial score (nSPS) is 13.6. The Morgan fingerprint density at radius 1 is 0.690 bits per heavy atom. The molecule has 42 heavy (non-hydrogen) atoms. The second-order valence-electron chi connectivity index (χ2n) is 11.1. The van der Waals surface area contributed by atoms with Gasteiger partial charge in [0.1, 0.15) is 28.5 Å². The number of ether oxygens (including phenoxy) is 1. The first-order valence-corrected chi connectivity index (χ1v) is 14.1. The van der Waals surface area contributed by atoms with Gasteiger partial charge in [0, 0.05) is 45.8 Å². The number of anilines is 3. The Hall–Kier alpha value is -5.42. The first-order chi connectivity index (χ1) is 20.6. The van der Waals surface area contributed by atoms with Crippen LogP contribution in [0.1, 0.15) is 25.0 Å². The summed E-state index contributed by atoms with van der Waals surface area (Å²) in [5.41, 5.74) is 7.82. The van der Waals surface area contributed by atoms with Gasteiger partial charge in [0.2, 0.25) is 0 Å². The van der Waals surface area contributed by atoms with Crippen LogP contribution in [0.2, 0.25) is 0 Å². The summed E-state index contributed by atoms with van der Waals surface area (Å²) in [6.45, 7) is 4.55. The van der Waals surface area contributed by atoms with E-state index in [0.717, 1.165) is 67.5 Å². The molecular formula is C37H27N3O2. The molecule has 7 aromatic rings. The first-order valence-electron chi connectivity index (χ1n) is 14.1. The van der Waals surface area contributed by atoms with E-state index >= 15 is 0 Å². The van der Waals surface area contributed by atoms with Crippen LogP contribution in [0.3, 0.4) is 0 Å². The molecular weight excluding hydrogens is 518 g/mol. The molecule has 4 heterocycles. The number of nitrogens with zero attached hydrogens (tertiary/aromatic N) is 3. The Bertz CT molecular complexity index is 2110. The van der Waals surface area contributed by atoms with Crippen molar-refractivity contribution in [1.29, 1.82) is 0 Å². The third-order valence-corrected chi connectivity index (χ3v) is 8.17. The van der Waals surface area contributed by atoms with E-state index in [9.17, 15) is 0 Å². The highest BCUT2D eigenvalue weighted by Crippen LogP contribution is 2.54. The van der Waals surface area contributed by atoms with Gasteiger partial charge in [-0.25, -0.2) is 4.98 Å². The van der Waals surface area contributed by atoms with Gasteiger partial charge in [-0.15, -0.1) is 0 Å². The van der Waals surface area contributed by atoms with E-state index in [1.165, 1.54) is 5.56 Å². The molecule has 0 aliphatic carbocycles. The number of hydrogen-bond donors (Lipinski definition) is 0. The SMILES string of the molecule is CC1(C)c2cccnc2N(c2cccc(Oc3cccc(-c4ccccn4)c3)c2)c2ccc3oc4ccccc4c3c21. The Labute approximate surface area is 243 Å². The molecule has 0 radical (unpaired) electrons. The molecule has 0 bridgehead atoms. The van der Waals surface area contributed by atoms with Gasteiger partial charge in [-0.3, -0.25) is 9.88 Å². The third kappa shape index (κ3) is 3.78. The van der Waals surface area contributed by atoms with Gasteiger partial charge in [0.25, 0.3) is 0 Å². The molecule has 1 aliphatic rings. The summed E-state index contributed by atoms with van der Waals surface area (Å²) >= 11 is 0. The van der Waals surface area contributed by atoms with Crippen LogP contribution in [-0.4, -0.2) is 9.97 Å². The zero-order valence-corrected chi connectivity index (χ0v) is 23.3. The predicted octanol–water partition coefficient (Wildman–Crippen LogP) is 9.94. The Morgan fingerprint density at radius 3 is 2.38 bits per heavy atom. The van der Waals surface area contributed by atoms with E-state index in [0.29, 0.717) is 0 Å². The average molecular weight is 546 g/mol. The lowest BCUT2D eigenvalue weighted by molar-refractivity contribution is 0.483. The van der Waals surface area contributed by atoms with Crippen LogP contribution in [0.15, 0.2) is 132 Å². The third-order valence-electron chi connectivity index (χ3n) is 8.17. The monoisotopic (exact) mass is 545 g/mol. The molecule has 0 amide bonds. The summed E-state index contributed by atoms with van der Waals surface area (Å²) in [7, 11) is 0. The van der Waals surface area contributed by atoms with Gasteiger partial charge in [0.05, 0.1) is 17.1 Å². The minimum absolute atomic E-state index is 0.304. The van der Waals surface area contributed by atoms with Crippen molar-refractivity contribution in [2.45, 2.75) is 19.3 Å². The fourth-order valence-corrected chi connectivity index (χ4v) is 6.27. The van der Waals surface area contributed by atoms with Crippen molar-refractivity contribution in [2.75, 3.05) is 4.90 Å². The molecule has 1 aliphatic heterocycles. The lowest BCUT2D eigenvalue weighted by Gasteiger charge is -2.41. The van der Waals surface area contributed by atoms with Gasteiger partial charge >= 0.3 is 0 Å². The number of hydrogen-bond acceptors (Lipinski definition) is 5. The van der Waals surface area contributed by atoms with Gasteiger partial charge < -0.3 is 9.15 Å². The maximum Gasteiger partial charge on any atom is 0.141 e. The molecule has 5 heteroatoms. The van der Waals surface area contributed by atoms with E-state index in [-0.39, 0.29) is 5.41 Å². The van der Waals surface area contributed by atoms with Crippen LogP contribution in [0.4, 0.5) is 17.2 Å². The zero-order valence-electron chi connectivity index (χ0n) is 23.3. The number of pyridine rings is 2. The topological polar surface area (TPSA) is 51.4 Å². The van der Waals surface area contributed by atoms with Crippen molar-refractivity contribution >= 4 is 39.1 Å². The molecule has 3 aromatic heterocycles. The van der Waals surface area contributed by atoms with Gasteiger partial charge in [-0.05, 0) is 66.2 Å². The molecule has 0 saturated carbocycles. The summed E-state index contributed by atoms with van der Waals surface area (Å²) in [5, 5.41) is 2.26. The van der Waals surface area contributed by atoms with Gasteiger partial charge in [-0.2, -0.15) is 0 Å². The molecule has 0 atom stereocenters. The first kappa shape index (κ1) is 24.4. The average Bonchev–Trinajstić information content (AvgIpc) is 3.41. The highest BCUT2D eigenvalue weighted by molar-refractivity contribution is 6.10. The number of fused-ring (bicyclic) bond motifs is 6. The van der Waals surface area contributed by atoms with E-state index in [1.54, 1.807) is 6.20 Å². The Morgan fingerprint density at radius 2 is 1.50 bits per heavy atom. The minimum Gasteiger partial charge on any atom is -0.457 e. The standard InChI is InChI=1S/C37H27N3O2/c1-37(2)29-15-9-21-39-36(29)40(31-18-19-33-34(35(31)37)28-14-3-4-17-32(28)42-33)25-11-8-13-27(23-25)41-26-12-7-10-24(22-26)30-16-5-6-20-38-30/h3-23H,1-2H3. The second kappa shape index (κ2) is 9.32. The van der Waals surface area contributed by atoms with Crippen molar-refractivity contribution < 1.29 is 9.15 Å². The highest BCUT2D eigenvalue weighted by Gasteiger charge is 2.40. The molecule has 0 fully saturated rings. The highest BCUT2D eigenvalue weighted by atomic mass is 16.5. The number of para-hydroxylation sites is 1. The van der Waals surface area contributed by atoms with E-state index in [1.807, 2.05) is 79.0 Å². The summed E-state index contributed by atoms with van der Waals surface area (Å²) in [6.07, 6.45) is 3.66. The minimum atomic E-state index is -0.304. The number of aromatic nitrogens is 2. The summed E-state index contributed by atoms with van der Waals surface area (Å²) < 4.78 is 12.7. The molecule has 8 rings (SSSR count). The number of benzene rings is 4. The van der Waals surface area contributed by atoms with E-state index in [4.69, 9.17) is 14.1 Å². The van der Waals surface area contributed by atoms with E-state index in [2.05, 4.69) is 66.2 Å². The maximum absolute atomic E-state index is 6.41. The summed E-state index contributed by atoms with van der Waals surface area (Å²) in [4.78, 5) is 11.6. The molecule has 0 N–H and O–H groups in total.